The zero-order valence-electron chi connectivity index (χ0n) is 20.1. The van der Waals surface area contributed by atoms with Crippen LogP contribution in [0.4, 0.5) is 0 Å². The van der Waals surface area contributed by atoms with Crippen LogP contribution in [0.25, 0.3) is 0 Å². The third-order valence-corrected chi connectivity index (χ3v) is 5.51. The molecule has 0 aliphatic heterocycles. The van der Waals surface area contributed by atoms with Crippen LogP contribution in [-0.4, -0.2) is 35.7 Å². The summed E-state index contributed by atoms with van der Waals surface area (Å²) in [7, 11) is 0. The highest BCUT2D eigenvalue weighted by atomic mass is 16.5. The number of carbonyl (C=O) groups excluding carboxylic acids is 2. The first kappa shape index (κ1) is 27.9. The van der Waals surface area contributed by atoms with Crippen molar-refractivity contribution in [1.82, 2.24) is 5.32 Å². The van der Waals surface area contributed by atoms with Gasteiger partial charge in [-0.15, -0.1) is 0 Å². The maximum Gasteiger partial charge on any atom is 0.338 e. The molecule has 0 heterocycles. The third kappa shape index (κ3) is 14.0. The van der Waals surface area contributed by atoms with Gasteiger partial charge < -0.3 is 15.2 Å². The number of carbonyl (C=O) groups is 2. The molecule has 2 atom stereocenters. The minimum atomic E-state index is -0.907. The number of benzene rings is 1. The molecule has 5 heteroatoms. The van der Waals surface area contributed by atoms with Crippen molar-refractivity contribution in [3.05, 3.63) is 48.0 Å². The number of hydrogen-bond donors (Lipinski definition) is 2. The Hall–Kier alpha value is -2.14. The van der Waals surface area contributed by atoms with Gasteiger partial charge in [0.1, 0.15) is 6.61 Å². The lowest BCUT2D eigenvalue weighted by molar-refractivity contribution is -0.120. The zero-order valence-corrected chi connectivity index (χ0v) is 20.1. The largest absolute Gasteiger partial charge is 0.460 e. The topological polar surface area (TPSA) is 75.6 Å². The minimum absolute atomic E-state index is 0.0861. The van der Waals surface area contributed by atoms with Gasteiger partial charge in [0, 0.05) is 6.92 Å². The molecule has 0 aliphatic carbocycles. The quantitative estimate of drug-likeness (QED) is 0.166. The summed E-state index contributed by atoms with van der Waals surface area (Å²) in [5.41, 5.74) is 0.440. The van der Waals surface area contributed by atoms with E-state index in [1.807, 2.05) is 12.1 Å². The Kier molecular flexibility index (Phi) is 16.1. The molecule has 1 aromatic carbocycles. The average molecular weight is 446 g/mol. The van der Waals surface area contributed by atoms with Crippen molar-refractivity contribution in [3.63, 3.8) is 0 Å². The number of amides is 1. The van der Waals surface area contributed by atoms with Gasteiger partial charge in [0.25, 0.3) is 0 Å². The van der Waals surface area contributed by atoms with Crippen LogP contribution in [-0.2, 0) is 9.53 Å². The van der Waals surface area contributed by atoms with Crippen LogP contribution in [0.15, 0.2) is 42.5 Å². The number of aliphatic hydroxyl groups is 1. The molecule has 0 fully saturated rings. The second kappa shape index (κ2) is 18.4. The summed E-state index contributed by atoms with van der Waals surface area (Å²) in [5, 5.41) is 13.1. The zero-order chi connectivity index (χ0) is 23.4. The Morgan fingerprint density at radius 1 is 0.938 bits per heavy atom. The summed E-state index contributed by atoms with van der Waals surface area (Å²) in [6.45, 7) is 3.55. The fourth-order valence-corrected chi connectivity index (χ4v) is 3.61. The fraction of sp³-hybridized carbons (Fsp3) is 0.630. The number of ether oxygens (including phenoxy) is 1. The van der Waals surface area contributed by atoms with Gasteiger partial charge in [0.05, 0.1) is 17.7 Å². The predicted molar refractivity (Wildman–Crippen MR) is 131 cm³/mol. The number of esters is 1. The van der Waals surface area contributed by atoms with Crippen molar-refractivity contribution < 1.29 is 19.4 Å². The lowest BCUT2D eigenvalue weighted by Crippen LogP contribution is -2.45. The highest BCUT2D eigenvalue weighted by molar-refractivity contribution is 5.89. The fourth-order valence-electron chi connectivity index (χ4n) is 3.61. The van der Waals surface area contributed by atoms with Crippen LogP contribution >= 0.6 is 0 Å². The van der Waals surface area contributed by atoms with Gasteiger partial charge >= 0.3 is 5.97 Å². The molecular weight excluding hydrogens is 402 g/mol. The molecular formula is C27H43NO4. The van der Waals surface area contributed by atoms with Crippen LogP contribution in [0.3, 0.4) is 0 Å². The monoisotopic (exact) mass is 445 g/mol. The SMILES string of the molecule is CCCCCCCCCCCCC/C=C/C(O)C(COC(=O)c1ccccc1)NC(C)=O. The van der Waals surface area contributed by atoms with Crippen molar-refractivity contribution in [2.45, 2.75) is 103 Å². The van der Waals surface area contributed by atoms with E-state index in [0.717, 1.165) is 12.8 Å². The molecule has 2 N–H and O–H groups in total. The summed E-state index contributed by atoms with van der Waals surface area (Å²) in [6.07, 6.45) is 18.0. The number of unbranched alkanes of at least 4 members (excludes halogenated alkanes) is 11. The molecule has 1 rings (SSSR count). The summed E-state index contributed by atoms with van der Waals surface area (Å²) in [5.74, 6) is -0.748. The average Bonchev–Trinajstić information content (AvgIpc) is 2.79. The molecule has 0 bridgehead atoms. The van der Waals surface area contributed by atoms with Crippen molar-refractivity contribution in [2.24, 2.45) is 0 Å². The van der Waals surface area contributed by atoms with Crippen LogP contribution in [0.1, 0.15) is 101 Å². The molecule has 0 saturated heterocycles. The second-order valence-electron chi connectivity index (χ2n) is 8.51. The highest BCUT2D eigenvalue weighted by Gasteiger charge is 2.20. The number of rotatable bonds is 18. The van der Waals surface area contributed by atoms with Crippen molar-refractivity contribution in [1.29, 1.82) is 0 Å². The standard InChI is InChI=1S/C27H43NO4/c1-3-4-5-6-7-8-9-10-11-12-13-14-18-21-26(30)25(28-23(2)29)22-32-27(31)24-19-16-15-17-20-24/h15-21,25-26,30H,3-14,22H2,1-2H3,(H,28,29)/b21-18+. The lowest BCUT2D eigenvalue weighted by atomic mass is 10.0. The molecule has 5 nitrogen and oxygen atoms in total. The number of aliphatic hydroxyl groups excluding tert-OH is 1. The Balaban J connectivity index is 2.21. The van der Waals surface area contributed by atoms with Gasteiger partial charge in [0.15, 0.2) is 0 Å². The van der Waals surface area contributed by atoms with Crippen molar-refractivity contribution in [3.8, 4) is 0 Å². The molecule has 0 aliphatic rings. The number of hydrogen-bond acceptors (Lipinski definition) is 4. The van der Waals surface area contributed by atoms with Crippen LogP contribution in [0.2, 0.25) is 0 Å². The van der Waals surface area contributed by atoms with Gasteiger partial charge in [-0.05, 0) is 25.0 Å². The highest BCUT2D eigenvalue weighted by Crippen LogP contribution is 2.12. The minimum Gasteiger partial charge on any atom is -0.460 e. The molecule has 1 aromatic rings. The Morgan fingerprint density at radius 2 is 1.50 bits per heavy atom. The lowest BCUT2D eigenvalue weighted by Gasteiger charge is -2.21. The normalized spacial score (nSPS) is 13.1. The van der Waals surface area contributed by atoms with E-state index in [0.29, 0.717) is 5.56 Å². The van der Waals surface area contributed by atoms with Crippen LogP contribution < -0.4 is 5.32 Å². The van der Waals surface area contributed by atoms with E-state index in [2.05, 4.69) is 12.2 Å². The maximum absolute atomic E-state index is 12.1. The first-order valence-electron chi connectivity index (χ1n) is 12.4. The molecule has 32 heavy (non-hydrogen) atoms. The third-order valence-electron chi connectivity index (χ3n) is 5.51. The molecule has 1 amide bonds. The van der Waals surface area contributed by atoms with E-state index < -0.39 is 18.1 Å². The second-order valence-corrected chi connectivity index (χ2v) is 8.51. The molecule has 0 spiro atoms. The van der Waals surface area contributed by atoms with E-state index in [1.54, 1.807) is 30.3 Å². The molecule has 2 unspecified atom stereocenters. The van der Waals surface area contributed by atoms with E-state index in [-0.39, 0.29) is 12.5 Å². The van der Waals surface area contributed by atoms with Gasteiger partial charge in [-0.2, -0.15) is 0 Å². The summed E-state index contributed by atoms with van der Waals surface area (Å²) in [4.78, 5) is 23.6. The summed E-state index contributed by atoms with van der Waals surface area (Å²) < 4.78 is 5.28. The molecule has 180 valence electrons. The Morgan fingerprint density at radius 3 is 2.06 bits per heavy atom. The van der Waals surface area contributed by atoms with Crippen LogP contribution in [0.5, 0.6) is 0 Å². The molecule has 0 aromatic heterocycles. The first-order chi connectivity index (χ1) is 15.5. The van der Waals surface area contributed by atoms with Gasteiger partial charge in [0.2, 0.25) is 5.91 Å². The van der Waals surface area contributed by atoms with Crippen molar-refractivity contribution >= 4 is 11.9 Å². The summed E-state index contributed by atoms with van der Waals surface area (Å²) in [6, 6.07) is 8.00. The van der Waals surface area contributed by atoms with Crippen LogP contribution in [0, 0.1) is 0 Å². The molecule has 0 radical (unpaired) electrons. The van der Waals surface area contributed by atoms with Gasteiger partial charge in [-0.1, -0.05) is 101 Å². The van der Waals surface area contributed by atoms with Gasteiger partial charge in [-0.25, -0.2) is 4.79 Å². The smallest absolute Gasteiger partial charge is 0.338 e. The Bertz CT molecular complexity index is 644. The van der Waals surface area contributed by atoms with E-state index in [1.165, 1.54) is 71.1 Å². The predicted octanol–water partition coefficient (Wildman–Crippen LogP) is 5.97. The van der Waals surface area contributed by atoms with E-state index >= 15 is 0 Å². The van der Waals surface area contributed by atoms with E-state index in [4.69, 9.17) is 4.74 Å². The van der Waals surface area contributed by atoms with E-state index in [9.17, 15) is 14.7 Å². The number of nitrogens with one attached hydrogen (secondary N) is 1. The molecule has 0 saturated carbocycles. The Labute approximate surface area is 194 Å². The van der Waals surface area contributed by atoms with Gasteiger partial charge in [-0.3, -0.25) is 4.79 Å². The summed E-state index contributed by atoms with van der Waals surface area (Å²) >= 11 is 0. The van der Waals surface area contributed by atoms with Crippen molar-refractivity contribution in [2.75, 3.05) is 6.61 Å². The first-order valence-corrected chi connectivity index (χ1v) is 12.4. The number of allylic oxidation sites excluding steroid dienone is 1. The maximum atomic E-state index is 12.1.